The lowest BCUT2D eigenvalue weighted by Crippen LogP contribution is -1.99. The first-order valence-corrected chi connectivity index (χ1v) is 6.40. The minimum absolute atomic E-state index is 0.0988. The highest BCUT2D eigenvalue weighted by Gasteiger charge is 2.06. The number of hydrogen-bond donors (Lipinski definition) is 2. The van der Waals surface area contributed by atoms with Gasteiger partial charge in [-0.05, 0) is 29.8 Å². The minimum atomic E-state index is -0.0988. The molecule has 2 rings (SSSR count). The number of benzene rings is 2. The summed E-state index contributed by atoms with van der Waals surface area (Å²) in [7, 11) is 1.63. The molecule has 0 fully saturated rings. The van der Waals surface area contributed by atoms with Crippen molar-refractivity contribution in [2.75, 3.05) is 12.4 Å². The van der Waals surface area contributed by atoms with Gasteiger partial charge in [0.1, 0.15) is 5.75 Å². The van der Waals surface area contributed by atoms with E-state index in [1.807, 2.05) is 24.3 Å². The van der Waals surface area contributed by atoms with Crippen molar-refractivity contribution < 1.29 is 9.84 Å². The number of phenolic OH excluding ortho intramolecular Hbond substituents is 1. The maximum atomic E-state index is 9.47. The van der Waals surface area contributed by atoms with Gasteiger partial charge in [-0.1, -0.05) is 35.3 Å². The topological polar surface area (TPSA) is 41.5 Å². The Bertz CT molecular complexity index is 547. The SMILES string of the molecule is COc1ccc(CNc2cc(Cl)c(O)c(Cl)c2)cc1. The lowest BCUT2D eigenvalue weighted by atomic mass is 10.2. The molecule has 2 aromatic rings. The molecule has 0 atom stereocenters. The summed E-state index contributed by atoms with van der Waals surface area (Å²) in [6.45, 7) is 0.626. The molecule has 0 radical (unpaired) electrons. The zero-order valence-electron chi connectivity index (χ0n) is 10.3. The molecule has 0 saturated carbocycles. The molecule has 5 heteroatoms. The quantitative estimate of drug-likeness (QED) is 0.826. The van der Waals surface area contributed by atoms with Crippen LogP contribution in [0.4, 0.5) is 5.69 Å². The standard InChI is InChI=1S/C14H13Cl2NO2/c1-19-11-4-2-9(3-5-11)8-17-10-6-12(15)14(18)13(16)7-10/h2-7,17-18H,8H2,1H3. The molecule has 100 valence electrons. The van der Waals surface area contributed by atoms with E-state index >= 15 is 0 Å². The van der Waals surface area contributed by atoms with Gasteiger partial charge in [0.25, 0.3) is 0 Å². The fraction of sp³-hybridized carbons (Fsp3) is 0.143. The van der Waals surface area contributed by atoms with E-state index < -0.39 is 0 Å². The normalized spacial score (nSPS) is 10.3. The van der Waals surface area contributed by atoms with Gasteiger partial charge in [-0.15, -0.1) is 0 Å². The van der Waals surface area contributed by atoms with Crippen LogP contribution in [-0.2, 0) is 6.54 Å². The molecule has 3 nitrogen and oxygen atoms in total. The lowest BCUT2D eigenvalue weighted by molar-refractivity contribution is 0.414. The number of nitrogens with one attached hydrogen (secondary N) is 1. The number of rotatable bonds is 4. The molecular formula is C14H13Cl2NO2. The van der Waals surface area contributed by atoms with Crippen molar-refractivity contribution in [1.82, 2.24) is 0 Å². The fourth-order valence-corrected chi connectivity index (χ4v) is 2.10. The molecule has 0 bridgehead atoms. The van der Waals surface area contributed by atoms with E-state index in [1.54, 1.807) is 19.2 Å². The van der Waals surface area contributed by atoms with Gasteiger partial charge >= 0.3 is 0 Å². The summed E-state index contributed by atoms with van der Waals surface area (Å²) in [5.74, 6) is 0.720. The number of phenols is 1. The Morgan fingerprint density at radius 3 is 2.21 bits per heavy atom. The number of hydrogen-bond acceptors (Lipinski definition) is 3. The van der Waals surface area contributed by atoms with Gasteiger partial charge in [-0.2, -0.15) is 0 Å². The number of halogens is 2. The summed E-state index contributed by atoms with van der Waals surface area (Å²) in [6.07, 6.45) is 0. The molecule has 0 amide bonds. The number of ether oxygens (including phenoxy) is 1. The summed E-state index contributed by atoms with van der Waals surface area (Å²) in [6, 6.07) is 11.0. The average molecular weight is 298 g/mol. The highest BCUT2D eigenvalue weighted by atomic mass is 35.5. The highest BCUT2D eigenvalue weighted by Crippen LogP contribution is 2.34. The second-order valence-corrected chi connectivity index (χ2v) is 4.80. The molecular weight excluding hydrogens is 285 g/mol. The van der Waals surface area contributed by atoms with Crippen LogP contribution in [0.3, 0.4) is 0 Å². The van der Waals surface area contributed by atoms with Crippen LogP contribution in [-0.4, -0.2) is 12.2 Å². The van der Waals surface area contributed by atoms with Crippen molar-refractivity contribution in [2.45, 2.75) is 6.54 Å². The molecule has 19 heavy (non-hydrogen) atoms. The Morgan fingerprint density at radius 2 is 1.68 bits per heavy atom. The van der Waals surface area contributed by atoms with Gasteiger partial charge in [-0.25, -0.2) is 0 Å². The van der Waals surface area contributed by atoms with Gasteiger partial charge < -0.3 is 15.2 Å². The van der Waals surface area contributed by atoms with Crippen LogP contribution in [0.1, 0.15) is 5.56 Å². The van der Waals surface area contributed by atoms with Gasteiger partial charge in [0.15, 0.2) is 5.75 Å². The van der Waals surface area contributed by atoms with Crippen molar-refractivity contribution in [2.24, 2.45) is 0 Å². The van der Waals surface area contributed by atoms with E-state index in [9.17, 15) is 5.11 Å². The van der Waals surface area contributed by atoms with E-state index in [2.05, 4.69) is 5.32 Å². The first kappa shape index (κ1) is 13.8. The molecule has 0 aliphatic rings. The summed E-state index contributed by atoms with van der Waals surface area (Å²) >= 11 is 11.7. The Morgan fingerprint density at radius 1 is 1.11 bits per heavy atom. The van der Waals surface area contributed by atoms with E-state index in [0.29, 0.717) is 6.54 Å². The number of anilines is 1. The monoisotopic (exact) mass is 297 g/mol. The van der Waals surface area contributed by atoms with Crippen molar-refractivity contribution in [3.63, 3.8) is 0 Å². The van der Waals surface area contributed by atoms with E-state index in [1.165, 1.54) is 0 Å². The highest BCUT2D eigenvalue weighted by molar-refractivity contribution is 6.37. The van der Waals surface area contributed by atoms with Crippen LogP contribution in [0.5, 0.6) is 11.5 Å². The maximum Gasteiger partial charge on any atom is 0.152 e. The van der Waals surface area contributed by atoms with Crippen molar-refractivity contribution in [3.05, 3.63) is 52.0 Å². The van der Waals surface area contributed by atoms with Crippen LogP contribution in [0.15, 0.2) is 36.4 Å². The fourth-order valence-electron chi connectivity index (χ4n) is 1.62. The Balaban J connectivity index is 2.05. The molecule has 0 heterocycles. The van der Waals surface area contributed by atoms with Gasteiger partial charge in [0.2, 0.25) is 0 Å². The van der Waals surface area contributed by atoms with Crippen LogP contribution in [0.2, 0.25) is 10.0 Å². The van der Waals surface area contributed by atoms with Crippen molar-refractivity contribution in [3.8, 4) is 11.5 Å². The third-order valence-electron chi connectivity index (χ3n) is 2.67. The summed E-state index contributed by atoms with van der Waals surface area (Å²) in [5, 5.41) is 13.1. The average Bonchev–Trinajstić information content (AvgIpc) is 2.43. The smallest absolute Gasteiger partial charge is 0.152 e. The van der Waals surface area contributed by atoms with Crippen LogP contribution < -0.4 is 10.1 Å². The Labute approximate surface area is 121 Å². The predicted octanol–water partition coefficient (Wildman–Crippen LogP) is 4.32. The van der Waals surface area contributed by atoms with E-state index in [0.717, 1.165) is 17.0 Å². The molecule has 0 aliphatic heterocycles. The number of methoxy groups -OCH3 is 1. The Hall–Kier alpha value is -1.58. The van der Waals surface area contributed by atoms with E-state index in [4.69, 9.17) is 27.9 Å². The molecule has 0 aromatic heterocycles. The third-order valence-corrected chi connectivity index (χ3v) is 3.25. The summed E-state index contributed by atoms with van der Waals surface area (Å²) in [4.78, 5) is 0. The largest absolute Gasteiger partial charge is 0.505 e. The molecule has 0 unspecified atom stereocenters. The maximum absolute atomic E-state index is 9.47. The van der Waals surface area contributed by atoms with Crippen LogP contribution >= 0.6 is 23.2 Å². The molecule has 0 spiro atoms. The zero-order valence-corrected chi connectivity index (χ0v) is 11.8. The second-order valence-electron chi connectivity index (χ2n) is 3.99. The molecule has 2 aromatic carbocycles. The minimum Gasteiger partial charge on any atom is -0.505 e. The zero-order chi connectivity index (χ0) is 13.8. The number of aromatic hydroxyl groups is 1. The second kappa shape index (κ2) is 6.04. The Kier molecular flexibility index (Phi) is 4.40. The summed E-state index contributed by atoms with van der Waals surface area (Å²) < 4.78 is 5.09. The van der Waals surface area contributed by atoms with Gasteiger partial charge in [0, 0.05) is 12.2 Å². The van der Waals surface area contributed by atoms with Gasteiger partial charge in [-0.3, -0.25) is 0 Å². The van der Waals surface area contributed by atoms with Crippen LogP contribution in [0, 0.1) is 0 Å². The molecule has 0 saturated heterocycles. The van der Waals surface area contributed by atoms with Gasteiger partial charge in [0.05, 0.1) is 17.2 Å². The van der Waals surface area contributed by atoms with Crippen molar-refractivity contribution >= 4 is 28.9 Å². The van der Waals surface area contributed by atoms with Crippen molar-refractivity contribution in [1.29, 1.82) is 0 Å². The predicted molar refractivity (Wildman–Crippen MR) is 78.4 cm³/mol. The lowest BCUT2D eigenvalue weighted by Gasteiger charge is -2.09. The van der Waals surface area contributed by atoms with E-state index in [-0.39, 0.29) is 15.8 Å². The third kappa shape index (κ3) is 3.46. The summed E-state index contributed by atoms with van der Waals surface area (Å²) in [5.41, 5.74) is 1.85. The molecule has 2 N–H and O–H groups in total. The first-order valence-electron chi connectivity index (χ1n) is 5.65. The van der Waals surface area contributed by atoms with Crippen LogP contribution in [0.25, 0.3) is 0 Å². The first-order chi connectivity index (χ1) is 9.10. The molecule has 0 aliphatic carbocycles.